The second-order valence-corrected chi connectivity index (χ2v) is 4.44. The summed E-state index contributed by atoms with van der Waals surface area (Å²) in [5, 5.41) is 0. The third kappa shape index (κ3) is 2.36. The minimum atomic E-state index is 0.360. The maximum Gasteiger partial charge on any atom is 0.122 e. The lowest BCUT2D eigenvalue weighted by Crippen LogP contribution is -2.45. The fraction of sp³-hybridized carbons (Fsp3) is 0.538. The topological polar surface area (TPSA) is 47.3 Å². The molecule has 0 saturated heterocycles. The Morgan fingerprint density at radius 1 is 1.50 bits per heavy atom. The van der Waals surface area contributed by atoms with Gasteiger partial charge in [-0.2, -0.15) is 0 Å². The predicted molar refractivity (Wildman–Crippen MR) is 65.2 cm³/mol. The van der Waals surface area contributed by atoms with E-state index < -0.39 is 0 Å². The van der Waals surface area contributed by atoms with Crippen LogP contribution in [0.4, 0.5) is 0 Å². The molecular formula is C13H20N2O. The van der Waals surface area contributed by atoms with Crippen molar-refractivity contribution in [3.05, 3.63) is 29.8 Å². The van der Waals surface area contributed by atoms with Gasteiger partial charge in [-0.25, -0.2) is 0 Å². The highest BCUT2D eigenvalue weighted by molar-refractivity contribution is 5.35. The summed E-state index contributed by atoms with van der Waals surface area (Å²) in [7, 11) is 0. The molecule has 16 heavy (non-hydrogen) atoms. The molecule has 0 fully saturated rings. The number of rotatable bonds is 4. The van der Waals surface area contributed by atoms with E-state index in [1.807, 2.05) is 12.1 Å². The zero-order chi connectivity index (χ0) is 11.4. The molecule has 2 rings (SSSR count). The Morgan fingerprint density at radius 3 is 3.06 bits per heavy atom. The van der Waals surface area contributed by atoms with Crippen LogP contribution in [-0.4, -0.2) is 12.6 Å². The largest absolute Gasteiger partial charge is 0.493 e. The monoisotopic (exact) mass is 220 g/mol. The maximum atomic E-state index is 5.77. The SMILES string of the molecule is CCCC(NN)C1COc2ccccc2C1. The quantitative estimate of drug-likeness (QED) is 0.601. The van der Waals surface area contributed by atoms with E-state index in [0.717, 1.165) is 31.6 Å². The Labute approximate surface area is 97.0 Å². The number of nitrogens with two attached hydrogens (primary N) is 1. The van der Waals surface area contributed by atoms with E-state index in [1.54, 1.807) is 0 Å². The molecule has 88 valence electrons. The summed E-state index contributed by atoms with van der Waals surface area (Å²) in [5.41, 5.74) is 4.22. The first kappa shape index (κ1) is 11.4. The Kier molecular flexibility index (Phi) is 3.80. The summed E-state index contributed by atoms with van der Waals surface area (Å²) in [6.45, 7) is 2.95. The lowest BCUT2D eigenvalue weighted by atomic mass is 9.88. The van der Waals surface area contributed by atoms with E-state index >= 15 is 0 Å². The van der Waals surface area contributed by atoms with Crippen molar-refractivity contribution in [1.29, 1.82) is 0 Å². The molecule has 1 heterocycles. The molecule has 0 aromatic heterocycles. The van der Waals surface area contributed by atoms with Crippen molar-refractivity contribution in [1.82, 2.24) is 5.43 Å². The van der Waals surface area contributed by atoms with Gasteiger partial charge in [0, 0.05) is 12.0 Å². The standard InChI is InChI=1S/C13H20N2O/c1-2-5-12(15-14)11-8-10-6-3-4-7-13(10)16-9-11/h3-4,6-7,11-12,15H,2,5,8-9,14H2,1H3. The van der Waals surface area contributed by atoms with Gasteiger partial charge in [-0.3, -0.25) is 11.3 Å². The van der Waals surface area contributed by atoms with Crippen LogP contribution in [0, 0.1) is 5.92 Å². The highest BCUT2D eigenvalue weighted by Crippen LogP contribution is 2.29. The highest BCUT2D eigenvalue weighted by Gasteiger charge is 2.25. The Morgan fingerprint density at radius 2 is 2.31 bits per heavy atom. The van der Waals surface area contributed by atoms with Crippen LogP contribution >= 0.6 is 0 Å². The molecule has 0 spiro atoms. The Bertz CT molecular complexity index is 340. The van der Waals surface area contributed by atoms with Gasteiger partial charge in [0.1, 0.15) is 5.75 Å². The van der Waals surface area contributed by atoms with Crippen molar-refractivity contribution in [2.24, 2.45) is 11.8 Å². The maximum absolute atomic E-state index is 5.77. The average Bonchev–Trinajstić information content (AvgIpc) is 2.35. The number of fused-ring (bicyclic) bond motifs is 1. The molecule has 1 aromatic rings. The molecule has 1 aromatic carbocycles. The van der Waals surface area contributed by atoms with E-state index in [9.17, 15) is 0 Å². The molecule has 2 unspecified atom stereocenters. The Balaban J connectivity index is 2.06. The minimum absolute atomic E-state index is 0.360. The fourth-order valence-electron chi connectivity index (χ4n) is 2.38. The van der Waals surface area contributed by atoms with Crippen LogP contribution in [-0.2, 0) is 6.42 Å². The number of nitrogens with one attached hydrogen (secondary N) is 1. The van der Waals surface area contributed by atoms with E-state index in [0.29, 0.717) is 12.0 Å². The molecule has 1 aliphatic rings. The van der Waals surface area contributed by atoms with Gasteiger partial charge in [0.2, 0.25) is 0 Å². The van der Waals surface area contributed by atoms with Crippen LogP contribution in [0.25, 0.3) is 0 Å². The van der Waals surface area contributed by atoms with Crippen molar-refractivity contribution in [3.8, 4) is 5.75 Å². The number of hydrogen-bond acceptors (Lipinski definition) is 3. The van der Waals surface area contributed by atoms with E-state index in [-0.39, 0.29) is 0 Å². The number of hydrazine groups is 1. The van der Waals surface area contributed by atoms with Crippen molar-refractivity contribution in [3.63, 3.8) is 0 Å². The van der Waals surface area contributed by atoms with Gasteiger partial charge in [0.25, 0.3) is 0 Å². The third-order valence-corrected chi connectivity index (χ3v) is 3.29. The smallest absolute Gasteiger partial charge is 0.122 e. The summed E-state index contributed by atoms with van der Waals surface area (Å²) in [6.07, 6.45) is 3.31. The van der Waals surface area contributed by atoms with E-state index in [1.165, 1.54) is 5.56 Å². The number of ether oxygens (including phenoxy) is 1. The van der Waals surface area contributed by atoms with Gasteiger partial charge in [0.15, 0.2) is 0 Å². The summed E-state index contributed by atoms with van der Waals surface area (Å²) < 4.78 is 5.77. The molecule has 0 radical (unpaired) electrons. The molecule has 0 amide bonds. The van der Waals surface area contributed by atoms with Crippen molar-refractivity contribution in [2.45, 2.75) is 32.2 Å². The average molecular weight is 220 g/mol. The normalized spacial score (nSPS) is 21.0. The van der Waals surface area contributed by atoms with Gasteiger partial charge >= 0.3 is 0 Å². The van der Waals surface area contributed by atoms with Crippen molar-refractivity contribution in [2.75, 3.05) is 6.61 Å². The second-order valence-electron chi connectivity index (χ2n) is 4.44. The summed E-state index contributed by atoms with van der Waals surface area (Å²) >= 11 is 0. The molecule has 0 aliphatic carbocycles. The van der Waals surface area contributed by atoms with Crippen LogP contribution in [0.15, 0.2) is 24.3 Å². The lowest BCUT2D eigenvalue weighted by molar-refractivity contribution is 0.179. The van der Waals surface area contributed by atoms with E-state index in [4.69, 9.17) is 10.6 Å². The molecule has 2 atom stereocenters. The molecule has 0 bridgehead atoms. The fourth-order valence-corrected chi connectivity index (χ4v) is 2.38. The van der Waals surface area contributed by atoms with Crippen LogP contribution in [0.5, 0.6) is 5.75 Å². The summed E-state index contributed by atoms with van der Waals surface area (Å²) in [5.74, 6) is 7.12. The van der Waals surface area contributed by atoms with Gasteiger partial charge in [-0.15, -0.1) is 0 Å². The van der Waals surface area contributed by atoms with Crippen molar-refractivity contribution >= 4 is 0 Å². The lowest BCUT2D eigenvalue weighted by Gasteiger charge is -2.31. The van der Waals surface area contributed by atoms with E-state index in [2.05, 4.69) is 24.5 Å². The first-order chi connectivity index (χ1) is 7.85. The van der Waals surface area contributed by atoms with Gasteiger partial charge in [-0.05, 0) is 24.5 Å². The van der Waals surface area contributed by atoms with Gasteiger partial charge in [0.05, 0.1) is 6.61 Å². The zero-order valence-electron chi connectivity index (χ0n) is 9.78. The highest BCUT2D eigenvalue weighted by atomic mass is 16.5. The van der Waals surface area contributed by atoms with Crippen LogP contribution in [0.3, 0.4) is 0 Å². The Hall–Kier alpha value is -1.06. The molecular weight excluding hydrogens is 200 g/mol. The summed E-state index contributed by atoms with van der Waals surface area (Å²) in [6, 6.07) is 8.62. The number of para-hydroxylation sites is 1. The zero-order valence-corrected chi connectivity index (χ0v) is 9.78. The third-order valence-electron chi connectivity index (χ3n) is 3.29. The second kappa shape index (κ2) is 5.32. The van der Waals surface area contributed by atoms with Crippen molar-refractivity contribution < 1.29 is 4.74 Å². The molecule has 3 heteroatoms. The first-order valence-corrected chi connectivity index (χ1v) is 6.02. The number of hydrogen-bond donors (Lipinski definition) is 2. The van der Waals surface area contributed by atoms with Crippen LogP contribution < -0.4 is 16.0 Å². The van der Waals surface area contributed by atoms with Gasteiger partial charge in [-0.1, -0.05) is 31.5 Å². The predicted octanol–water partition coefficient (Wildman–Crippen LogP) is 1.87. The molecule has 3 N–H and O–H groups in total. The van der Waals surface area contributed by atoms with Gasteiger partial charge < -0.3 is 4.74 Å². The summed E-state index contributed by atoms with van der Waals surface area (Å²) in [4.78, 5) is 0. The van der Waals surface area contributed by atoms with Crippen LogP contribution in [0.1, 0.15) is 25.3 Å². The first-order valence-electron chi connectivity index (χ1n) is 6.02. The molecule has 0 saturated carbocycles. The molecule has 1 aliphatic heterocycles. The minimum Gasteiger partial charge on any atom is -0.493 e. The number of benzene rings is 1. The van der Waals surface area contributed by atoms with Crippen LogP contribution in [0.2, 0.25) is 0 Å². The molecule has 3 nitrogen and oxygen atoms in total.